The Bertz CT molecular complexity index is 402. The quantitative estimate of drug-likeness (QED) is 0.850. The van der Waals surface area contributed by atoms with Crippen molar-refractivity contribution in [1.82, 2.24) is 15.3 Å². The Kier molecular flexibility index (Phi) is 3.07. The van der Waals surface area contributed by atoms with Crippen molar-refractivity contribution >= 4 is 5.95 Å². The van der Waals surface area contributed by atoms with E-state index in [1.165, 1.54) is 25.7 Å². The molecule has 0 amide bonds. The van der Waals surface area contributed by atoms with Crippen LogP contribution in [0.3, 0.4) is 0 Å². The van der Waals surface area contributed by atoms with Crippen molar-refractivity contribution in [2.45, 2.75) is 43.7 Å². The highest BCUT2D eigenvalue weighted by atomic mass is 16.5. The molecule has 0 radical (unpaired) electrons. The summed E-state index contributed by atoms with van der Waals surface area (Å²) in [6, 6.07) is 0.486. The fourth-order valence-electron chi connectivity index (χ4n) is 2.94. The minimum atomic E-state index is 0.405. The number of hydrogen-bond acceptors (Lipinski definition) is 5. The molecule has 1 atom stereocenters. The molecule has 1 aliphatic carbocycles. The summed E-state index contributed by atoms with van der Waals surface area (Å²) in [7, 11) is 1.62. The molecule has 2 aliphatic rings. The summed E-state index contributed by atoms with van der Waals surface area (Å²) in [5.74, 6) is 1.40. The molecule has 2 fully saturated rings. The number of aromatic nitrogens is 2. The van der Waals surface area contributed by atoms with Gasteiger partial charge in [0.25, 0.3) is 0 Å². The lowest BCUT2D eigenvalue weighted by molar-refractivity contribution is 0.135. The van der Waals surface area contributed by atoms with Gasteiger partial charge in [-0.15, -0.1) is 0 Å². The predicted octanol–water partition coefficient (Wildman–Crippen LogP) is 1.57. The molecule has 5 heteroatoms. The molecule has 2 N–H and O–H groups in total. The van der Waals surface area contributed by atoms with E-state index in [2.05, 4.69) is 20.6 Å². The van der Waals surface area contributed by atoms with Crippen molar-refractivity contribution in [2.24, 2.45) is 0 Å². The fraction of sp³-hybridized carbons (Fsp3) is 0.692. The lowest BCUT2D eigenvalue weighted by Gasteiger charge is -2.48. The van der Waals surface area contributed by atoms with Crippen molar-refractivity contribution in [3.05, 3.63) is 12.4 Å². The van der Waals surface area contributed by atoms with Gasteiger partial charge in [-0.05, 0) is 38.6 Å². The highest BCUT2D eigenvalue weighted by Crippen LogP contribution is 2.38. The normalized spacial score (nSPS) is 25.5. The van der Waals surface area contributed by atoms with Crippen LogP contribution in [0.15, 0.2) is 12.4 Å². The number of anilines is 1. The second-order valence-corrected chi connectivity index (χ2v) is 5.34. The van der Waals surface area contributed by atoms with Crippen LogP contribution in [0, 0.1) is 0 Å². The van der Waals surface area contributed by atoms with Gasteiger partial charge in [0.1, 0.15) is 0 Å². The van der Waals surface area contributed by atoms with E-state index >= 15 is 0 Å². The zero-order valence-corrected chi connectivity index (χ0v) is 10.8. The average molecular weight is 248 g/mol. The number of ether oxygens (including phenoxy) is 1. The second-order valence-electron chi connectivity index (χ2n) is 5.34. The topological polar surface area (TPSA) is 59.1 Å². The summed E-state index contributed by atoms with van der Waals surface area (Å²) in [6.45, 7) is 1.09. The van der Waals surface area contributed by atoms with Gasteiger partial charge in [-0.1, -0.05) is 0 Å². The summed E-state index contributed by atoms with van der Waals surface area (Å²) in [5.41, 5.74) is 0.405. The molecule has 1 aliphatic heterocycles. The molecule has 1 aromatic rings. The molecule has 2 heterocycles. The third-order valence-electron chi connectivity index (χ3n) is 4.14. The monoisotopic (exact) mass is 248 g/mol. The summed E-state index contributed by atoms with van der Waals surface area (Å²) in [4.78, 5) is 8.54. The molecule has 1 spiro atoms. The lowest BCUT2D eigenvalue weighted by Crippen LogP contribution is -2.58. The smallest absolute Gasteiger partial charge is 0.223 e. The molecular formula is C13H20N4O. The maximum atomic E-state index is 5.06. The molecule has 1 saturated carbocycles. The van der Waals surface area contributed by atoms with E-state index in [4.69, 9.17) is 4.74 Å². The second kappa shape index (κ2) is 4.72. The average Bonchev–Trinajstić information content (AvgIpc) is 2.38. The Morgan fingerprint density at radius 1 is 1.39 bits per heavy atom. The van der Waals surface area contributed by atoms with Gasteiger partial charge in [-0.2, -0.15) is 0 Å². The van der Waals surface area contributed by atoms with Crippen LogP contribution in [0.2, 0.25) is 0 Å². The van der Waals surface area contributed by atoms with Gasteiger partial charge in [0.2, 0.25) is 5.95 Å². The third-order valence-corrected chi connectivity index (χ3v) is 4.14. The van der Waals surface area contributed by atoms with E-state index < -0.39 is 0 Å². The first kappa shape index (κ1) is 11.7. The van der Waals surface area contributed by atoms with Gasteiger partial charge >= 0.3 is 0 Å². The summed E-state index contributed by atoms with van der Waals surface area (Å²) in [5, 5.41) is 7.10. The van der Waals surface area contributed by atoms with Crippen LogP contribution in [0.1, 0.15) is 32.1 Å². The minimum Gasteiger partial charge on any atom is -0.494 e. The van der Waals surface area contributed by atoms with Crippen LogP contribution in [0.5, 0.6) is 5.75 Å². The van der Waals surface area contributed by atoms with E-state index in [1.54, 1.807) is 19.5 Å². The highest BCUT2D eigenvalue weighted by Gasteiger charge is 2.40. The Balaban J connectivity index is 1.61. The first-order chi connectivity index (χ1) is 8.80. The van der Waals surface area contributed by atoms with Crippen LogP contribution >= 0.6 is 0 Å². The Labute approximate surface area is 107 Å². The SMILES string of the molecule is COc1cnc(NC2CCNC3(CCC3)C2)nc1. The van der Waals surface area contributed by atoms with Gasteiger partial charge in [-0.25, -0.2) is 9.97 Å². The van der Waals surface area contributed by atoms with Gasteiger partial charge in [0, 0.05) is 11.6 Å². The number of rotatable bonds is 3. The standard InChI is InChI=1S/C13H20N4O/c1-18-11-8-14-12(15-9-11)17-10-3-6-16-13(7-10)4-2-5-13/h8-10,16H,2-7H2,1H3,(H,14,15,17). The summed E-state index contributed by atoms with van der Waals surface area (Å²) >= 11 is 0. The first-order valence-corrected chi connectivity index (χ1v) is 6.67. The summed E-state index contributed by atoms with van der Waals surface area (Å²) < 4.78 is 5.06. The van der Waals surface area contributed by atoms with Crippen LogP contribution in [0.4, 0.5) is 5.95 Å². The van der Waals surface area contributed by atoms with Gasteiger partial charge in [0.05, 0.1) is 19.5 Å². The minimum absolute atomic E-state index is 0.405. The zero-order chi connectivity index (χ0) is 12.4. The number of methoxy groups -OCH3 is 1. The van der Waals surface area contributed by atoms with E-state index in [9.17, 15) is 0 Å². The van der Waals surface area contributed by atoms with E-state index in [0.29, 0.717) is 23.3 Å². The van der Waals surface area contributed by atoms with Crippen molar-refractivity contribution in [2.75, 3.05) is 19.0 Å². The molecule has 3 rings (SSSR count). The molecule has 5 nitrogen and oxygen atoms in total. The number of hydrogen-bond donors (Lipinski definition) is 2. The molecule has 1 unspecified atom stereocenters. The lowest BCUT2D eigenvalue weighted by atomic mass is 9.70. The first-order valence-electron chi connectivity index (χ1n) is 6.67. The molecule has 18 heavy (non-hydrogen) atoms. The Morgan fingerprint density at radius 2 is 2.17 bits per heavy atom. The molecule has 1 saturated heterocycles. The van der Waals surface area contributed by atoms with E-state index in [1.807, 2.05) is 0 Å². The van der Waals surface area contributed by atoms with Crippen LogP contribution < -0.4 is 15.4 Å². The third kappa shape index (κ3) is 2.27. The van der Waals surface area contributed by atoms with Gasteiger partial charge < -0.3 is 15.4 Å². The van der Waals surface area contributed by atoms with Crippen LogP contribution in [0.25, 0.3) is 0 Å². The number of nitrogens with one attached hydrogen (secondary N) is 2. The highest BCUT2D eigenvalue weighted by molar-refractivity contribution is 5.29. The zero-order valence-electron chi connectivity index (χ0n) is 10.8. The number of piperidine rings is 1. The van der Waals surface area contributed by atoms with Crippen molar-refractivity contribution in [3.8, 4) is 5.75 Å². The molecule has 0 aromatic carbocycles. The van der Waals surface area contributed by atoms with Gasteiger partial charge in [-0.3, -0.25) is 0 Å². The van der Waals surface area contributed by atoms with E-state index in [-0.39, 0.29) is 0 Å². The van der Waals surface area contributed by atoms with E-state index in [0.717, 1.165) is 13.0 Å². The maximum absolute atomic E-state index is 5.06. The largest absolute Gasteiger partial charge is 0.494 e. The van der Waals surface area contributed by atoms with Crippen molar-refractivity contribution < 1.29 is 4.74 Å². The Hall–Kier alpha value is -1.36. The van der Waals surface area contributed by atoms with Crippen molar-refractivity contribution in [1.29, 1.82) is 0 Å². The van der Waals surface area contributed by atoms with Crippen LogP contribution in [-0.2, 0) is 0 Å². The van der Waals surface area contributed by atoms with Crippen LogP contribution in [-0.4, -0.2) is 35.2 Å². The number of nitrogens with zero attached hydrogens (tertiary/aromatic N) is 2. The molecular weight excluding hydrogens is 228 g/mol. The fourth-order valence-corrected chi connectivity index (χ4v) is 2.94. The molecule has 98 valence electrons. The predicted molar refractivity (Wildman–Crippen MR) is 69.8 cm³/mol. The maximum Gasteiger partial charge on any atom is 0.223 e. The molecule has 1 aromatic heterocycles. The summed E-state index contributed by atoms with van der Waals surface area (Å²) in [6.07, 6.45) is 9.71. The molecule has 0 bridgehead atoms. The van der Waals surface area contributed by atoms with Crippen molar-refractivity contribution in [3.63, 3.8) is 0 Å². The van der Waals surface area contributed by atoms with Gasteiger partial charge in [0.15, 0.2) is 5.75 Å². The Morgan fingerprint density at radius 3 is 2.78 bits per heavy atom.